The van der Waals surface area contributed by atoms with Crippen LogP contribution in [0.3, 0.4) is 0 Å². The van der Waals surface area contributed by atoms with Gasteiger partial charge in [0.05, 0.1) is 18.4 Å². The molecule has 2 aromatic heterocycles. The Morgan fingerprint density at radius 3 is 2.53 bits per heavy atom. The van der Waals surface area contributed by atoms with Crippen molar-refractivity contribution in [2.24, 2.45) is 12.0 Å². The molecule has 8 heteroatoms. The molecule has 2 N–H and O–H groups in total. The third-order valence-electron chi connectivity index (χ3n) is 5.11. The molecule has 1 aromatic carbocycles. The van der Waals surface area contributed by atoms with Gasteiger partial charge in [0.15, 0.2) is 5.96 Å². The van der Waals surface area contributed by atoms with E-state index >= 15 is 0 Å². The number of hydrogen-bond donors (Lipinski definition) is 2. The van der Waals surface area contributed by atoms with E-state index in [1.807, 2.05) is 40.8 Å². The molecule has 0 radical (unpaired) electrons. The number of guanidine groups is 1. The Labute approximate surface area is 196 Å². The van der Waals surface area contributed by atoms with Crippen molar-refractivity contribution in [1.82, 2.24) is 30.2 Å². The zero-order valence-electron chi connectivity index (χ0n) is 18.4. The molecule has 0 aliphatic rings. The van der Waals surface area contributed by atoms with E-state index in [0.717, 1.165) is 30.2 Å². The summed E-state index contributed by atoms with van der Waals surface area (Å²) in [5.41, 5.74) is 5.96. The standard InChI is InChI=1S/C22H31N7.HI/c1-16(11-21-17(2)27-28(5)18(21)3)26-22(23-4)24-12-20-13-25-29(15-20)14-19-9-7-6-8-10-19;/h6-10,13,15-16H,11-12,14H2,1-5H3,(H2,23,24,26);1H. The number of aliphatic imine (C=N–C) groups is 1. The molecule has 162 valence electrons. The van der Waals surface area contributed by atoms with Crippen molar-refractivity contribution < 1.29 is 0 Å². The van der Waals surface area contributed by atoms with Gasteiger partial charge in [0, 0.05) is 44.1 Å². The molecule has 0 bridgehead atoms. The molecule has 1 atom stereocenters. The minimum atomic E-state index is 0. The SMILES string of the molecule is CN=C(NCc1cnn(Cc2ccccc2)c1)NC(C)Cc1c(C)nn(C)c1C.I. The second kappa shape index (κ2) is 11.1. The number of halogens is 1. The Kier molecular flexibility index (Phi) is 8.88. The lowest BCUT2D eigenvalue weighted by atomic mass is 10.1. The quantitative estimate of drug-likeness (QED) is 0.285. The predicted molar refractivity (Wildman–Crippen MR) is 132 cm³/mol. The first kappa shape index (κ1) is 23.9. The average Bonchev–Trinajstić information content (AvgIpc) is 3.25. The summed E-state index contributed by atoms with van der Waals surface area (Å²) in [7, 11) is 3.78. The van der Waals surface area contributed by atoms with Crippen LogP contribution in [0.5, 0.6) is 0 Å². The van der Waals surface area contributed by atoms with E-state index in [-0.39, 0.29) is 30.0 Å². The lowest BCUT2D eigenvalue weighted by Crippen LogP contribution is -2.42. The Morgan fingerprint density at radius 1 is 1.17 bits per heavy atom. The number of nitrogens with zero attached hydrogens (tertiary/aromatic N) is 5. The maximum absolute atomic E-state index is 4.50. The summed E-state index contributed by atoms with van der Waals surface area (Å²) in [5, 5.41) is 15.8. The van der Waals surface area contributed by atoms with Crippen LogP contribution >= 0.6 is 24.0 Å². The highest BCUT2D eigenvalue weighted by Crippen LogP contribution is 2.14. The largest absolute Gasteiger partial charge is 0.354 e. The molecule has 7 nitrogen and oxygen atoms in total. The van der Waals surface area contributed by atoms with Crippen molar-refractivity contribution in [3.05, 3.63) is 70.8 Å². The molecule has 1 unspecified atom stereocenters. The minimum Gasteiger partial charge on any atom is -0.354 e. The first-order chi connectivity index (χ1) is 14.0. The van der Waals surface area contributed by atoms with Crippen LogP contribution in [0.15, 0.2) is 47.7 Å². The number of nitrogens with one attached hydrogen (secondary N) is 2. The minimum absolute atomic E-state index is 0. The van der Waals surface area contributed by atoms with Crippen molar-refractivity contribution >= 4 is 29.9 Å². The van der Waals surface area contributed by atoms with Gasteiger partial charge in [-0.05, 0) is 38.3 Å². The predicted octanol–water partition coefficient (Wildman–Crippen LogP) is 3.20. The molecule has 0 fully saturated rings. The van der Waals surface area contributed by atoms with Crippen molar-refractivity contribution in [2.75, 3.05) is 7.05 Å². The molecule has 0 saturated carbocycles. The van der Waals surface area contributed by atoms with Crippen LogP contribution in [0, 0.1) is 13.8 Å². The van der Waals surface area contributed by atoms with Gasteiger partial charge < -0.3 is 10.6 Å². The molecule has 0 saturated heterocycles. The van der Waals surface area contributed by atoms with E-state index in [9.17, 15) is 0 Å². The second-order valence-electron chi connectivity index (χ2n) is 7.48. The van der Waals surface area contributed by atoms with Crippen molar-refractivity contribution in [2.45, 2.75) is 46.3 Å². The number of rotatable bonds is 7. The molecule has 0 aliphatic carbocycles. The third-order valence-corrected chi connectivity index (χ3v) is 5.11. The second-order valence-corrected chi connectivity index (χ2v) is 7.48. The molecule has 0 spiro atoms. The summed E-state index contributed by atoms with van der Waals surface area (Å²) in [6.07, 6.45) is 4.87. The molecule has 3 rings (SSSR count). The topological polar surface area (TPSA) is 72.1 Å². The van der Waals surface area contributed by atoms with Crippen molar-refractivity contribution in [3.8, 4) is 0 Å². The highest BCUT2D eigenvalue weighted by atomic mass is 127. The lowest BCUT2D eigenvalue weighted by molar-refractivity contribution is 0.635. The Hall–Kier alpha value is -2.36. The maximum atomic E-state index is 4.50. The van der Waals surface area contributed by atoms with Crippen LogP contribution in [0.2, 0.25) is 0 Å². The van der Waals surface area contributed by atoms with Gasteiger partial charge in [-0.3, -0.25) is 14.4 Å². The van der Waals surface area contributed by atoms with Crippen LogP contribution in [-0.4, -0.2) is 38.6 Å². The zero-order chi connectivity index (χ0) is 20.8. The summed E-state index contributed by atoms with van der Waals surface area (Å²) >= 11 is 0. The van der Waals surface area contributed by atoms with Crippen LogP contribution in [0.1, 0.15) is 35.0 Å². The van der Waals surface area contributed by atoms with E-state index in [4.69, 9.17) is 0 Å². The van der Waals surface area contributed by atoms with E-state index in [0.29, 0.717) is 6.54 Å². The average molecular weight is 521 g/mol. The van der Waals surface area contributed by atoms with Gasteiger partial charge in [-0.1, -0.05) is 30.3 Å². The summed E-state index contributed by atoms with van der Waals surface area (Å²) in [6, 6.07) is 10.6. The summed E-state index contributed by atoms with van der Waals surface area (Å²) in [5.74, 6) is 0.785. The fourth-order valence-corrected chi connectivity index (χ4v) is 3.44. The Bertz CT molecular complexity index is 959. The van der Waals surface area contributed by atoms with Gasteiger partial charge in [0.25, 0.3) is 0 Å². The molecule has 3 aromatic rings. The number of aromatic nitrogens is 4. The van der Waals surface area contributed by atoms with Gasteiger partial charge >= 0.3 is 0 Å². The fraction of sp³-hybridized carbons (Fsp3) is 0.409. The van der Waals surface area contributed by atoms with Gasteiger partial charge in [-0.25, -0.2) is 0 Å². The van der Waals surface area contributed by atoms with Crippen molar-refractivity contribution in [3.63, 3.8) is 0 Å². The number of benzene rings is 1. The number of aryl methyl sites for hydroxylation is 2. The van der Waals surface area contributed by atoms with Crippen LogP contribution in [-0.2, 0) is 26.6 Å². The molecular weight excluding hydrogens is 489 g/mol. The van der Waals surface area contributed by atoms with Gasteiger partial charge in [0.2, 0.25) is 0 Å². The number of hydrogen-bond acceptors (Lipinski definition) is 3. The monoisotopic (exact) mass is 521 g/mol. The smallest absolute Gasteiger partial charge is 0.191 e. The molecule has 0 amide bonds. The van der Waals surface area contributed by atoms with Crippen molar-refractivity contribution in [1.29, 1.82) is 0 Å². The highest BCUT2D eigenvalue weighted by Gasteiger charge is 2.14. The molecular formula is C22H32IN7. The third kappa shape index (κ3) is 6.32. The first-order valence-corrected chi connectivity index (χ1v) is 9.97. The Balaban J connectivity index is 0.00000320. The highest BCUT2D eigenvalue weighted by molar-refractivity contribution is 14.0. The molecule has 0 aliphatic heterocycles. The zero-order valence-corrected chi connectivity index (χ0v) is 20.7. The molecule has 2 heterocycles. The van der Waals surface area contributed by atoms with E-state index in [2.05, 4.69) is 64.9 Å². The Morgan fingerprint density at radius 2 is 1.90 bits per heavy atom. The van der Waals surface area contributed by atoms with Gasteiger partial charge in [0.1, 0.15) is 0 Å². The van der Waals surface area contributed by atoms with Crippen LogP contribution in [0.4, 0.5) is 0 Å². The van der Waals surface area contributed by atoms with Crippen LogP contribution in [0.25, 0.3) is 0 Å². The summed E-state index contributed by atoms with van der Waals surface area (Å²) in [4.78, 5) is 4.36. The van der Waals surface area contributed by atoms with E-state index in [1.54, 1.807) is 7.05 Å². The maximum Gasteiger partial charge on any atom is 0.191 e. The fourth-order valence-electron chi connectivity index (χ4n) is 3.44. The molecule has 30 heavy (non-hydrogen) atoms. The first-order valence-electron chi connectivity index (χ1n) is 9.97. The van der Waals surface area contributed by atoms with Gasteiger partial charge in [-0.15, -0.1) is 24.0 Å². The normalized spacial score (nSPS) is 12.4. The summed E-state index contributed by atoms with van der Waals surface area (Å²) in [6.45, 7) is 7.79. The van der Waals surface area contributed by atoms with Crippen LogP contribution < -0.4 is 10.6 Å². The summed E-state index contributed by atoms with van der Waals surface area (Å²) < 4.78 is 3.90. The van der Waals surface area contributed by atoms with E-state index in [1.165, 1.54) is 16.8 Å². The lowest BCUT2D eigenvalue weighted by Gasteiger charge is -2.18. The van der Waals surface area contributed by atoms with E-state index < -0.39 is 0 Å². The van der Waals surface area contributed by atoms with Gasteiger partial charge in [-0.2, -0.15) is 10.2 Å².